The molecule has 2 aliphatic heterocycles. The second kappa shape index (κ2) is 5.81. The molecule has 0 radical (unpaired) electrons. The number of carbonyl (C=O) groups excluding carboxylic acids is 1. The van der Waals surface area contributed by atoms with Gasteiger partial charge < -0.3 is 9.47 Å². The Morgan fingerprint density at radius 3 is 3.00 bits per heavy atom. The Kier molecular flexibility index (Phi) is 3.65. The Labute approximate surface area is 136 Å². The lowest BCUT2D eigenvalue weighted by Gasteiger charge is -2.37. The van der Waals surface area contributed by atoms with Crippen LogP contribution in [0.5, 0.6) is 0 Å². The first-order chi connectivity index (χ1) is 11.2. The number of fused-ring (bicyclic) bond motifs is 2. The van der Waals surface area contributed by atoms with Gasteiger partial charge in [-0.25, -0.2) is 4.98 Å². The van der Waals surface area contributed by atoms with Gasteiger partial charge in [-0.2, -0.15) is 0 Å². The zero-order chi connectivity index (χ0) is 15.8. The average Bonchev–Trinajstić information content (AvgIpc) is 3.07. The molecule has 0 fully saturated rings. The molecule has 0 unspecified atom stereocenters. The van der Waals surface area contributed by atoms with Crippen LogP contribution in [0.3, 0.4) is 0 Å². The number of carbonyl (C=O) groups is 1. The van der Waals surface area contributed by atoms with Gasteiger partial charge in [-0.05, 0) is 31.4 Å². The number of amides is 1. The summed E-state index contributed by atoms with van der Waals surface area (Å²) in [7, 11) is 0. The summed E-state index contributed by atoms with van der Waals surface area (Å²) in [6, 6.07) is 8.17. The molecule has 1 amide bonds. The van der Waals surface area contributed by atoms with E-state index in [2.05, 4.69) is 32.7 Å². The second-order valence-corrected chi connectivity index (χ2v) is 6.41. The number of aromatic nitrogens is 2. The lowest BCUT2D eigenvalue weighted by Crippen LogP contribution is -2.50. The van der Waals surface area contributed by atoms with Crippen LogP contribution in [0.15, 0.2) is 36.7 Å². The molecule has 2 aromatic rings. The van der Waals surface area contributed by atoms with E-state index in [1.165, 1.54) is 5.56 Å². The molecule has 120 valence electrons. The van der Waals surface area contributed by atoms with E-state index < -0.39 is 0 Å². The molecule has 0 saturated carbocycles. The Morgan fingerprint density at radius 2 is 2.09 bits per heavy atom. The van der Waals surface area contributed by atoms with Crippen molar-refractivity contribution in [2.24, 2.45) is 0 Å². The van der Waals surface area contributed by atoms with E-state index in [9.17, 15) is 4.79 Å². The lowest BCUT2D eigenvalue weighted by molar-refractivity contribution is -0.123. The topological polar surface area (TPSA) is 41.4 Å². The van der Waals surface area contributed by atoms with E-state index in [1.807, 2.05) is 30.3 Å². The number of hydrogen-bond acceptors (Lipinski definition) is 3. The van der Waals surface area contributed by atoms with Gasteiger partial charge in [-0.15, -0.1) is 0 Å². The lowest BCUT2D eigenvalue weighted by atomic mass is 10.0. The van der Waals surface area contributed by atoms with Crippen molar-refractivity contribution in [1.29, 1.82) is 0 Å². The van der Waals surface area contributed by atoms with Crippen LogP contribution in [-0.2, 0) is 24.3 Å². The fraction of sp³-hybridized carbons (Fsp3) is 0.444. The van der Waals surface area contributed by atoms with Crippen LogP contribution < -0.4 is 4.90 Å². The monoisotopic (exact) mass is 310 g/mol. The number of para-hydroxylation sites is 1. The van der Waals surface area contributed by atoms with Gasteiger partial charge >= 0.3 is 0 Å². The summed E-state index contributed by atoms with van der Waals surface area (Å²) >= 11 is 0. The summed E-state index contributed by atoms with van der Waals surface area (Å²) in [5.41, 5.74) is 2.38. The fourth-order valence-electron chi connectivity index (χ4n) is 3.67. The molecule has 0 bridgehead atoms. The molecule has 0 saturated heterocycles. The number of hydrogen-bond donors (Lipinski definition) is 0. The summed E-state index contributed by atoms with van der Waals surface area (Å²) in [5, 5.41) is 0. The first-order valence-corrected chi connectivity index (χ1v) is 8.37. The number of imidazole rings is 1. The fourth-order valence-corrected chi connectivity index (χ4v) is 3.67. The van der Waals surface area contributed by atoms with E-state index >= 15 is 0 Å². The summed E-state index contributed by atoms with van der Waals surface area (Å²) < 4.78 is 2.17. The van der Waals surface area contributed by atoms with Gasteiger partial charge in [0.15, 0.2) is 0 Å². The Hall–Kier alpha value is -2.14. The maximum Gasteiger partial charge on any atom is 0.244 e. The maximum absolute atomic E-state index is 13.1. The molecule has 2 aliphatic rings. The predicted molar refractivity (Wildman–Crippen MR) is 89.2 cm³/mol. The van der Waals surface area contributed by atoms with Crippen molar-refractivity contribution in [3.05, 3.63) is 48.0 Å². The van der Waals surface area contributed by atoms with Gasteiger partial charge in [0.05, 0.1) is 12.6 Å². The average molecular weight is 310 g/mol. The third kappa shape index (κ3) is 2.55. The SMILES string of the molecule is C[C@H](C(=O)N1CCCc2ccccc21)N1CCn2ccnc2C1. The van der Waals surface area contributed by atoms with Gasteiger partial charge in [-0.3, -0.25) is 9.69 Å². The Bertz CT molecular complexity index is 723. The largest absolute Gasteiger partial charge is 0.333 e. The van der Waals surface area contributed by atoms with E-state index in [1.54, 1.807) is 0 Å². The first-order valence-electron chi connectivity index (χ1n) is 8.37. The van der Waals surface area contributed by atoms with Crippen molar-refractivity contribution in [1.82, 2.24) is 14.5 Å². The maximum atomic E-state index is 13.1. The number of rotatable bonds is 2. The molecule has 3 heterocycles. The summed E-state index contributed by atoms with van der Waals surface area (Å²) in [6.45, 7) is 5.39. The minimum atomic E-state index is -0.119. The molecule has 0 N–H and O–H groups in total. The van der Waals surface area contributed by atoms with Gasteiger partial charge in [-0.1, -0.05) is 18.2 Å². The van der Waals surface area contributed by atoms with Crippen molar-refractivity contribution in [3.8, 4) is 0 Å². The van der Waals surface area contributed by atoms with Gasteiger partial charge in [0.1, 0.15) is 5.82 Å². The third-order valence-electron chi connectivity index (χ3n) is 5.06. The molecule has 1 aromatic heterocycles. The highest BCUT2D eigenvalue weighted by atomic mass is 16.2. The molecule has 0 spiro atoms. The Balaban J connectivity index is 1.54. The molecule has 0 aliphatic carbocycles. The molecule has 5 nitrogen and oxygen atoms in total. The summed E-state index contributed by atoms with van der Waals surface area (Å²) in [6.07, 6.45) is 5.96. The number of nitrogens with zero attached hydrogens (tertiary/aromatic N) is 4. The minimum absolute atomic E-state index is 0.119. The van der Waals surface area contributed by atoms with Crippen LogP contribution in [0, 0.1) is 0 Å². The molecular weight excluding hydrogens is 288 g/mol. The number of aryl methyl sites for hydroxylation is 1. The third-order valence-corrected chi connectivity index (χ3v) is 5.06. The van der Waals surface area contributed by atoms with Crippen LogP contribution in [0.4, 0.5) is 5.69 Å². The van der Waals surface area contributed by atoms with E-state index in [0.717, 1.165) is 50.5 Å². The van der Waals surface area contributed by atoms with Crippen molar-refractivity contribution in [3.63, 3.8) is 0 Å². The molecule has 1 aromatic carbocycles. The summed E-state index contributed by atoms with van der Waals surface area (Å²) in [5.74, 6) is 1.26. The molecule has 4 rings (SSSR count). The normalized spacial score (nSPS) is 19.1. The van der Waals surface area contributed by atoms with Gasteiger partial charge in [0, 0.05) is 37.7 Å². The van der Waals surface area contributed by atoms with Crippen LogP contribution in [-0.4, -0.2) is 39.5 Å². The summed E-state index contributed by atoms with van der Waals surface area (Å²) in [4.78, 5) is 21.7. The predicted octanol–water partition coefficient (Wildman–Crippen LogP) is 2.07. The number of anilines is 1. The highest BCUT2D eigenvalue weighted by Gasteiger charge is 2.31. The van der Waals surface area contributed by atoms with Crippen molar-refractivity contribution >= 4 is 11.6 Å². The van der Waals surface area contributed by atoms with Crippen LogP contribution in [0.1, 0.15) is 24.7 Å². The van der Waals surface area contributed by atoms with Crippen LogP contribution >= 0.6 is 0 Å². The zero-order valence-electron chi connectivity index (χ0n) is 13.5. The highest BCUT2D eigenvalue weighted by Crippen LogP contribution is 2.28. The van der Waals surface area contributed by atoms with E-state index in [4.69, 9.17) is 0 Å². The molecule has 1 atom stereocenters. The van der Waals surface area contributed by atoms with Crippen LogP contribution in [0.2, 0.25) is 0 Å². The van der Waals surface area contributed by atoms with Gasteiger partial charge in [0.2, 0.25) is 5.91 Å². The van der Waals surface area contributed by atoms with E-state index in [0.29, 0.717) is 0 Å². The van der Waals surface area contributed by atoms with Crippen LogP contribution in [0.25, 0.3) is 0 Å². The molecule has 5 heteroatoms. The zero-order valence-corrected chi connectivity index (χ0v) is 13.5. The smallest absolute Gasteiger partial charge is 0.244 e. The van der Waals surface area contributed by atoms with Crippen molar-refractivity contribution < 1.29 is 4.79 Å². The highest BCUT2D eigenvalue weighted by molar-refractivity contribution is 5.98. The Morgan fingerprint density at radius 1 is 1.22 bits per heavy atom. The minimum Gasteiger partial charge on any atom is -0.333 e. The molecule has 23 heavy (non-hydrogen) atoms. The van der Waals surface area contributed by atoms with E-state index in [-0.39, 0.29) is 11.9 Å². The number of benzene rings is 1. The second-order valence-electron chi connectivity index (χ2n) is 6.41. The van der Waals surface area contributed by atoms with Crippen molar-refractivity contribution in [2.45, 2.75) is 38.9 Å². The first kappa shape index (κ1) is 14.5. The van der Waals surface area contributed by atoms with Gasteiger partial charge in [0.25, 0.3) is 0 Å². The molecular formula is C18H22N4O. The standard InChI is InChI=1S/C18H22N4O/c1-14(21-12-11-20-10-8-19-17(20)13-21)18(23)22-9-4-6-15-5-2-3-7-16(15)22/h2-3,5,7-8,10,14H,4,6,9,11-13H2,1H3/t14-/m1/s1. The van der Waals surface area contributed by atoms with Crippen molar-refractivity contribution in [2.75, 3.05) is 18.0 Å². The quantitative estimate of drug-likeness (QED) is 0.853.